The fourth-order valence-corrected chi connectivity index (χ4v) is 2.47. The number of aryl methyl sites for hydroxylation is 1. The van der Waals surface area contributed by atoms with E-state index in [9.17, 15) is 0 Å². The van der Waals surface area contributed by atoms with Crippen LogP contribution >= 0.6 is 31.9 Å². The van der Waals surface area contributed by atoms with Gasteiger partial charge in [-0.2, -0.15) is 0 Å². The van der Waals surface area contributed by atoms with Crippen molar-refractivity contribution in [2.75, 3.05) is 0 Å². The van der Waals surface area contributed by atoms with Crippen molar-refractivity contribution in [3.05, 3.63) is 39.0 Å². The monoisotopic (exact) mass is 314 g/mol. The Labute approximate surface area is 99.0 Å². The van der Waals surface area contributed by atoms with E-state index in [0.29, 0.717) is 0 Å². The van der Waals surface area contributed by atoms with Gasteiger partial charge in [0.25, 0.3) is 0 Å². The molecular weight excluding hydrogens is 308 g/mol. The number of nitrogens with zero attached hydrogens (tertiary/aromatic N) is 1. The smallest absolute Gasteiger partial charge is 0.138 e. The molecule has 0 unspecified atom stereocenters. The van der Waals surface area contributed by atoms with Crippen LogP contribution in [-0.4, -0.2) is 9.97 Å². The lowest BCUT2D eigenvalue weighted by Gasteiger charge is -2.01. The molecule has 0 fully saturated rings. The predicted molar refractivity (Wildman–Crippen MR) is 64.2 cm³/mol. The average molecular weight is 316 g/mol. The molecule has 0 saturated heterocycles. The number of hydrogen-bond acceptors (Lipinski definition) is 1. The van der Waals surface area contributed by atoms with Crippen molar-refractivity contribution in [2.24, 2.45) is 0 Å². The standard InChI is InChI=1S/C10H8Br2N2/c1-6-5-13-10(14-6)8-3-2-7(11)4-9(8)12/h2-5H,1H3,(H,13,14). The third kappa shape index (κ3) is 1.91. The summed E-state index contributed by atoms with van der Waals surface area (Å²) in [6.07, 6.45) is 1.82. The third-order valence-corrected chi connectivity index (χ3v) is 3.04. The van der Waals surface area contributed by atoms with Gasteiger partial charge in [-0.1, -0.05) is 15.9 Å². The van der Waals surface area contributed by atoms with E-state index in [1.54, 1.807) is 0 Å². The van der Waals surface area contributed by atoms with Crippen LogP contribution in [0.4, 0.5) is 0 Å². The number of halogens is 2. The maximum absolute atomic E-state index is 4.28. The first-order valence-electron chi connectivity index (χ1n) is 4.14. The van der Waals surface area contributed by atoms with Gasteiger partial charge in [0.2, 0.25) is 0 Å². The van der Waals surface area contributed by atoms with Gasteiger partial charge in [0, 0.05) is 26.4 Å². The minimum atomic E-state index is 0.891. The Bertz CT molecular complexity index is 463. The van der Waals surface area contributed by atoms with Crippen molar-refractivity contribution >= 4 is 31.9 Å². The van der Waals surface area contributed by atoms with Crippen molar-refractivity contribution < 1.29 is 0 Å². The largest absolute Gasteiger partial charge is 0.342 e. The lowest BCUT2D eigenvalue weighted by atomic mass is 10.2. The Morgan fingerprint density at radius 3 is 2.64 bits per heavy atom. The van der Waals surface area contributed by atoms with Crippen LogP contribution in [0.15, 0.2) is 33.3 Å². The second-order valence-corrected chi connectivity index (χ2v) is 4.81. The van der Waals surface area contributed by atoms with Gasteiger partial charge in [-0.05, 0) is 41.1 Å². The van der Waals surface area contributed by atoms with Gasteiger partial charge in [-0.15, -0.1) is 0 Å². The maximum atomic E-state index is 4.28. The Kier molecular flexibility index (Phi) is 2.74. The van der Waals surface area contributed by atoms with Crippen LogP contribution < -0.4 is 0 Å². The van der Waals surface area contributed by atoms with Crippen molar-refractivity contribution in [1.29, 1.82) is 0 Å². The van der Waals surface area contributed by atoms with E-state index in [4.69, 9.17) is 0 Å². The van der Waals surface area contributed by atoms with Gasteiger partial charge in [0.05, 0.1) is 0 Å². The molecule has 0 aliphatic heterocycles. The molecule has 2 aromatic rings. The molecule has 72 valence electrons. The van der Waals surface area contributed by atoms with E-state index in [0.717, 1.165) is 26.0 Å². The molecule has 2 rings (SSSR count). The van der Waals surface area contributed by atoms with E-state index in [1.807, 2.05) is 31.3 Å². The van der Waals surface area contributed by atoms with Crippen LogP contribution in [0.2, 0.25) is 0 Å². The molecule has 1 aromatic carbocycles. The summed E-state index contributed by atoms with van der Waals surface area (Å²) in [5.41, 5.74) is 2.14. The van der Waals surface area contributed by atoms with E-state index < -0.39 is 0 Å². The summed E-state index contributed by atoms with van der Waals surface area (Å²) in [7, 11) is 0. The number of H-pyrrole nitrogens is 1. The molecule has 4 heteroatoms. The minimum absolute atomic E-state index is 0.891. The van der Waals surface area contributed by atoms with Crippen molar-refractivity contribution in [3.8, 4) is 11.4 Å². The molecule has 1 heterocycles. The predicted octanol–water partition coefficient (Wildman–Crippen LogP) is 3.91. The summed E-state index contributed by atoms with van der Waals surface area (Å²) in [5.74, 6) is 0.891. The molecule has 0 bridgehead atoms. The third-order valence-electron chi connectivity index (χ3n) is 1.89. The van der Waals surface area contributed by atoms with E-state index >= 15 is 0 Å². The van der Waals surface area contributed by atoms with Crippen molar-refractivity contribution in [2.45, 2.75) is 6.92 Å². The molecule has 0 aliphatic rings. The molecule has 1 aromatic heterocycles. The second kappa shape index (κ2) is 3.87. The van der Waals surface area contributed by atoms with Gasteiger partial charge >= 0.3 is 0 Å². The fourth-order valence-electron chi connectivity index (χ4n) is 1.23. The lowest BCUT2D eigenvalue weighted by molar-refractivity contribution is 1.25. The fraction of sp³-hybridized carbons (Fsp3) is 0.100. The zero-order valence-electron chi connectivity index (χ0n) is 7.51. The summed E-state index contributed by atoms with van der Waals surface area (Å²) >= 11 is 6.92. The highest BCUT2D eigenvalue weighted by atomic mass is 79.9. The summed E-state index contributed by atoms with van der Waals surface area (Å²) in [5, 5.41) is 0. The van der Waals surface area contributed by atoms with Crippen LogP contribution in [0, 0.1) is 6.92 Å². The number of imidazole rings is 1. The van der Waals surface area contributed by atoms with Gasteiger partial charge in [0.1, 0.15) is 5.82 Å². The molecule has 14 heavy (non-hydrogen) atoms. The van der Waals surface area contributed by atoms with Gasteiger partial charge in [0.15, 0.2) is 0 Å². The van der Waals surface area contributed by atoms with Crippen LogP contribution in [0.3, 0.4) is 0 Å². The highest BCUT2D eigenvalue weighted by Gasteiger charge is 2.05. The van der Waals surface area contributed by atoms with Crippen molar-refractivity contribution in [1.82, 2.24) is 9.97 Å². The molecule has 0 atom stereocenters. The lowest BCUT2D eigenvalue weighted by Crippen LogP contribution is -1.82. The molecule has 0 aliphatic carbocycles. The summed E-state index contributed by atoms with van der Waals surface area (Å²) in [6.45, 7) is 1.99. The first-order valence-corrected chi connectivity index (χ1v) is 5.72. The quantitative estimate of drug-likeness (QED) is 0.849. The minimum Gasteiger partial charge on any atom is -0.342 e. The molecule has 2 nitrogen and oxygen atoms in total. The normalized spacial score (nSPS) is 10.5. The van der Waals surface area contributed by atoms with Crippen LogP contribution in [0.5, 0.6) is 0 Å². The van der Waals surface area contributed by atoms with Crippen LogP contribution in [-0.2, 0) is 0 Å². The van der Waals surface area contributed by atoms with Gasteiger partial charge in [-0.25, -0.2) is 4.98 Å². The highest BCUT2D eigenvalue weighted by molar-refractivity contribution is 9.11. The molecular formula is C10H8Br2N2. The number of aromatic nitrogens is 2. The molecule has 0 amide bonds. The first-order chi connectivity index (χ1) is 6.66. The Balaban J connectivity index is 2.52. The van der Waals surface area contributed by atoms with Crippen molar-refractivity contribution in [3.63, 3.8) is 0 Å². The number of nitrogens with one attached hydrogen (secondary N) is 1. The SMILES string of the molecule is Cc1cnc(-c2ccc(Br)cc2Br)[nH]1. The zero-order chi connectivity index (χ0) is 10.1. The zero-order valence-corrected chi connectivity index (χ0v) is 10.7. The molecule has 1 N–H and O–H groups in total. The topological polar surface area (TPSA) is 28.7 Å². The van der Waals surface area contributed by atoms with E-state index in [-0.39, 0.29) is 0 Å². The van der Waals surface area contributed by atoms with E-state index in [1.165, 1.54) is 0 Å². The summed E-state index contributed by atoms with van der Waals surface area (Å²) < 4.78 is 2.08. The summed E-state index contributed by atoms with van der Waals surface area (Å²) in [6, 6.07) is 6.03. The Morgan fingerprint density at radius 1 is 1.29 bits per heavy atom. The second-order valence-electron chi connectivity index (χ2n) is 3.04. The first kappa shape index (κ1) is 9.93. The molecule has 0 spiro atoms. The molecule has 0 radical (unpaired) electrons. The maximum Gasteiger partial charge on any atom is 0.138 e. The Hall–Kier alpha value is -0.610. The number of hydrogen-bond donors (Lipinski definition) is 1. The van der Waals surface area contributed by atoms with Crippen LogP contribution in [0.1, 0.15) is 5.69 Å². The number of benzene rings is 1. The number of aromatic amines is 1. The number of rotatable bonds is 1. The van der Waals surface area contributed by atoms with Gasteiger partial charge in [-0.3, -0.25) is 0 Å². The van der Waals surface area contributed by atoms with Crippen LogP contribution in [0.25, 0.3) is 11.4 Å². The van der Waals surface area contributed by atoms with Gasteiger partial charge < -0.3 is 4.98 Å². The van der Waals surface area contributed by atoms with E-state index in [2.05, 4.69) is 41.8 Å². The molecule has 0 saturated carbocycles. The summed E-state index contributed by atoms with van der Waals surface area (Å²) in [4.78, 5) is 7.47. The Morgan fingerprint density at radius 2 is 2.07 bits per heavy atom. The average Bonchev–Trinajstić information content (AvgIpc) is 2.51. The highest BCUT2D eigenvalue weighted by Crippen LogP contribution is 2.28.